The van der Waals surface area contributed by atoms with E-state index in [9.17, 15) is 9.59 Å². The summed E-state index contributed by atoms with van der Waals surface area (Å²) in [6, 6.07) is 3.72. The van der Waals surface area contributed by atoms with Crippen LogP contribution in [0.5, 0.6) is 0 Å². The van der Waals surface area contributed by atoms with Crippen molar-refractivity contribution in [1.82, 2.24) is 0 Å². The maximum atomic E-state index is 12.7. The van der Waals surface area contributed by atoms with Crippen LogP contribution < -0.4 is 0 Å². The minimum absolute atomic E-state index is 0.0323. The molecule has 1 heterocycles. The molecule has 2 atom stereocenters. The number of ketones is 2. The first kappa shape index (κ1) is 11.4. The van der Waals surface area contributed by atoms with Crippen molar-refractivity contribution in [2.24, 2.45) is 0 Å². The summed E-state index contributed by atoms with van der Waals surface area (Å²) in [7, 11) is 0. The second-order valence-electron chi connectivity index (χ2n) is 6.10. The van der Waals surface area contributed by atoms with Gasteiger partial charge in [-0.15, -0.1) is 0 Å². The first-order chi connectivity index (χ1) is 9.02. The Kier molecular flexibility index (Phi) is 1.88. The molecule has 0 amide bonds. The summed E-state index contributed by atoms with van der Waals surface area (Å²) < 4.78 is 5.80. The van der Waals surface area contributed by atoms with E-state index < -0.39 is 11.2 Å². The molecule has 2 aliphatic carbocycles. The first-order valence-corrected chi connectivity index (χ1v) is 6.93. The van der Waals surface area contributed by atoms with Gasteiger partial charge in [0.1, 0.15) is 0 Å². The maximum absolute atomic E-state index is 12.7. The third-order valence-electron chi connectivity index (χ3n) is 5.12. The van der Waals surface area contributed by atoms with Crippen molar-refractivity contribution in [2.45, 2.75) is 50.7 Å². The molecule has 2 unspecified atom stereocenters. The molecule has 98 valence electrons. The molecule has 19 heavy (non-hydrogen) atoms. The van der Waals surface area contributed by atoms with Crippen molar-refractivity contribution < 1.29 is 14.3 Å². The van der Waals surface area contributed by atoms with Crippen molar-refractivity contribution >= 4 is 11.6 Å². The summed E-state index contributed by atoms with van der Waals surface area (Å²) in [5.41, 5.74) is 1.64. The molecule has 1 saturated heterocycles. The molecule has 2 fully saturated rings. The zero-order chi connectivity index (χ0) is 13.4. The number of carbonyl (C=O) groups excluding carboxylic acids is 2. The number of carbonyl (C=O) groups is 2. The van der Waals surface area contributed by atoms with Crippen LogP contribution in [-0.4, -0.2) is 22.8 Å². The van der Waals surface area contributed by atoms with Crippen molar-refractivity contribution in [3.05, 3.63) is 34.4 Å². The van der Waals surface area contributed by atoms with Gasteiger partial charge in [-0.25, -0.2) is 0 Å². The van der Waals surface area contributed by atoms with Crippen LogP contribution >= 0.6 is 0 Å². The first-order valence-electron chi connectivity index (χ1n) is 6.93. The number of Topliss-reactive ketones (excluding diaryl/α,β-unsaturated/α-hetero) is 2. The molecule has 3 aliphatic rings. The summed E-state index contributed by atoms with van der Waals surface area (Å²) >= 11 is 0. The molecule has 0 aromatic heterocycles. The lowest BCUT2D eigenvalue weighted by molar-refractivity contribution is 0.0810. The van der Waals surface area contributed by atoms with E-state index in [1.54, 1.807) is 0 Å². The number of benzene rings is 1. The monoisotopic (exact) mass is 256 g/mol. The van der Waals surface area contributed by atoms with Crippen molar-refractivity contribution in [3.63, 3.8) is 0 Å². The quantitative estimate of drug-likeness (QED) is 0.670. The van der Waals surface area contributed by atoms with E-state index in [4.69, 9.17) is 4.74 Å². The summed E-state index contributed by atoms with van der Waals surface area (Å²) in [6.07, 6.45) is 3.34. The standard InChI is InChI=1S/C16H16O3/c1-9-7-11-12(8-10(9)2)14(18)16-6-4-3-5-15(16,19-16)13(11)17/h7-8H,3-6H2,1-2H3. The lowest BCUT2D eigenvalue weighted by atomic mass is 9.67. The minimum Gasteiger partial charge on any atom is -0.345 e. The fraction of sp³-hybridized carbons (Fsp3) is 0.500. The van der Waals surface area contributed by atoms with Gasteiger partial charge in [0.2, 0.25) is 0 Å². The Labute approximate surface area is 111 Å². The normalized spacial score (nSPS) is 35.5. The lowest BCUT2D eigenvalue weighted by Crippen LogP contribution is -2.47. The summed E-state index contributed by atoms with van der Waals surface area (Å²) in [4.78, 5) is 25.5. The molecular formula is C16H16O3. The van der Waals surface area contributed by atoms with Gasteiger partial charge < -0.3 is 4.74 Å². The average Bonchev–Trinajstić information content (AvgIpc) is 3.11. The van der Waals surface area contributed by atoms with Gasteiger partial charge in [0, 0.05) is 11.1 Å². The predicted octanol–water partition coefficient (Wildman–Crippen LogP) is 2.76. The van der Waals surface area contributed by atoms with Crippen molar-refractivity contribution in [3.8, 4) is 0 Å². The van der Waals surface area contributed by atoms with Crippen LogP contribution in [0, 0.1) is 13.8 Å². The molecule has 0 radical (unpaired) electrons. The van der Waals surface area contributed by atoms with Crippen LogP contribution in [0.3, 0.4) is 0 Å². The summed E-state index contributed by atoms with van der Waals surface area (Å²) in [6.45, 7) is 3.95. The molecule has 1 aromatic carbocycles. The van der Waals surface area contributed by atoms with Crippen LogP contribution in [0.1, 0.15) is 57.5 Å². The minimum atomic E-state index is -0.809. The second kappa shape index (κ2) is 3.15. The molecule has 0 spiro atoms. The highest BCUT2D eigenvalue weighted by Gasteiger charge is 2.80. The van der Waals surface area contributed by atoms with Gasteiger partial charge in [-0.3, -0.25) is 9.59 Å². The highest BCUT2D eigenvalue weighted by atomic mass is 16.6. The highest BCUT2D eigenvalue weighted by Crippen LogP contribution is 2.62. The third kappa shape index (κ3) is 1.09. The fourth-order valence-electron chi connectivity index (χ4n) is 3.84. The third-order valence-corrected chi connectivity index (χ3v) is 5.12. The second-order valence-corrected chi connectivity index (χ2v) is 6.10. The number of aryl methyl sites for hydroxylation is 2. The Balaban J connectivity index is 1.97. The molecule has 1 saturated carbocycles. The van der Waals surface area contributed by atoms with Crippen LogP contribution in [-0.2, 0) is 4.74 Å². The largest absolute Gasteiger partial charge is 0.345 e. The number of fused-ring (bicyclic) bond motifs is 1. The van der Waals surface area contributed by atoms with E-state index in [1.165, 1.54) is 0 Å². The van der Waals surface area contributed by atoms with Gasteiger partial charge in [-0.1, -0.05) is 0 Å². The van der Waals surface area contributed by atoms with E-state index in [-0.39, 0.29) is 11.6 Å². The number of hydrogen-bond donors (Lipinski definition) is 0. The number of hydrogen-bond acceptors (Lipinski definition) is 3. The SMILES string of the molecule is Cc1cc2c(cc1C)C(=O)C13CCCCC1(O3)C2=O. The van der Waals surface area contributed by atoms with Crippen molar-refractivity contribution in [1.29, 1.82) is 0 Å². The van der Waals surface area contributed by atoms with Crippen LogP contribution in [0.25, 0.3) is 0 Å². The highest BCUT2D eigenvalue weighted by molar-refractivity contribution is 6.25. The van der Waals surface area contributed by atoms with Gasteiger partial charge >= 0.3 is 0 Å². The van der Waals surface area contributed by atoms with E-state index in [0.717, 1.165) is 24.0 Å². The van der Waals surface area contributed by atoms with Crippen LogP contribution in [0.4, 0.5) is 0 Å². The predicted molar refractivity (Wildman–Crippen MR) is 69.6 cm³/mol. The molecule has 3 heteroatoms. The summed E-state index contributed by atoms with van der Waals surface area (Å²) in [5.74, 6) is 0.0646. The number of ether oxygens (including phenoxy) is 1. The molecular weight excluding hydrogens is 240 g/mol. The van der Waals surface area contributed by atoms with Gasteiger partial charge in [-0.2, -0.15) is 0 Å². The Morgan fingerprint density at radius 3 is 1.74 bits per heavy atom. The zero-order valence-electron chi connectivity index (χ0n) is 11.2. The fourth-order valence-corrected chi connectivity index (χ4v) is 3.84. The van der Waals surface area contributed by atoms with Gasteiger partial charge in [0.25, 0.3) is 0 Å². The molecule has 1 aliphatic heterocycles. The summed E-state index contributed by atoms with van der Waals surface area (Å²) in [5, 5.41) is 0. The molecule has 4 rings (SSSR count). The van der Waals surface area contributed by atoms with Crippen LogP contribution in [0.15, 0.2) is 12.1 Å². The smallest absolute Gasteiger partial charge is 0.198 e. The zero-order valence-corrected chi connectivity index (χ0v) is 11.2. The van der Waals surface area contributed by atoms with E-state index in [0.29, 0.717) is 24.0 Å². The molecule has 0 N–H and O–H groups in total. The Morgan fingerprint density at radius 1 is 0.895 bits per heavy atom. The van der Waals surface area contributed by atoms with Crippen molar-refractivity contribution in [2.75, 3.05) is 0 Å². The molecule has 1 aromatic rings. The van der Waals surface area contributed by atoms with Gasteiger partial charge in [-0.05, 0) is 62.8 Å². The number of epoxide rings is 1. The number of rotatable bonds is 0. The van der Waals surface area contributed by atoms with E-state index in [2.05, 4.69) is 0 Å². The van der Waals surface area contributed by atoms with E-state index >= 15 is 0 Å². The average molecular weight is 256 g/mol. The Morgan fingerprint density at radius 2 is 1.32 bits per heavy atom. The Hall–Kier alpha value is -1.48. The van der Waals surface area contributed by atoms with Gasteiger partial charge in [0.15, 0.2) is 22.8 Å². The molecule has 3 nitrogen and oxygen atoms in total. The maximum Gasteiger partial charge on any atom is 0.198 e. The van der Waals surface area contributed by atoms with Crippen LogP contribution in [0.2, 0.25) is 0 Å². The molecule has 0 bridgehead atoms. The topological polar surface area (TPSA) is 46.7 Å². The van der Waals surface area contributed by atoms with E-state index in [1.807, 2.05) is 26.0 Å². The Bertz CT molecular complexity index is 591. The van der Waals surface area contributed by atoms with Gasteiger partial charge in [0.05, 0.1) is 0 Å². The lowest BCUT2D eigenvalue weighted by Gasteiger charge is -2.28.